The van der Waals surface area contributed by atoms with Gasteiger partial charge in [-0.1, -0.05) is 0 Å². The largest absolute Gasteiger partial charge is 0.492 e. The highest BCUT2D eigenvalue weighted by Gasteiger charge is 2.27. The first-order valence-electron chi connectivity index (χ1n) is 6.12. The molecule has 2 heterocycles. The molecule has 1 amide bonds. The molecule has 1 saturated heterocycles. The molecule has 1 fully saturated rings. The minimum Gasteiger partial charge on any atom is -0.492 e. The molecule has 1 aromatic rings. The maximum atomic E-state index is 11.3. The molecule has 1 aromatic heterocycles. The number of carbonyl (C=O) groups excluding carboxylic acids is 1. The molecule has 19 heavy (non-hydrogen) atoms. The number of rotatable bonds is 4. The molecule has 0 atom stereocenters. The number of carbonyl (C=O) groups is 1. The van der Waals surface area contributed by atoms with Crippen molar-refractivity contribution in [2.75, 3.05) is 37.9 Å². The Bertz CT molecular complexity index is 467. The number of primary amides is 1. The fourth-order valence-corrected chi connectivity index (χ4v) is 3.39. The van der Waals surface area contributed by atoms with Gasteiger partial charge in [0.2, 0.25) is 0 Å². The fourth-order valence-electron chi connectivity index (χ4n) is 2.30. The van der Waals surface area contributed by atoms with Crippen LogP contribution in [0.1, 0.15) is 22.5 Å². The molecule has 4 N–H and O–H groups in total. The molecule has 1 aliphatic heterocycles. The molecule has 1 aliphatic rings. The van der Waals surface area contributed by atoms with Crippen molar-refractivity contribution in [3.05, 3.63) is 4.88 Å². The molecule has 0 unspecified atom stereocenters. The van der Waals surface area contributed by atoms with Crippen LogP contribution in [0.4, 0.5) is 10.7 Å². The summed E-state index contributed by atoms with van der Waals surface area (Å²) in [5.41, 5.74) is 11.6. The van der Waals surface area contributed by atoms with E-state index in [2.05, 4.69) is 4.90 Å². The Balaban J connectivity index is 2.25. The molecular weight excluding hydrogens is 266 g/mol. The van der Waals surface area contributed by atoms with E-state index >= 15 is 0 Å². The first-order valence-corrected chi connectivity index (χ1v) is 6.94. The second-order valence-corrected chi connectivity index (χ2v) is 5.47. The summed E-state index contributed by atoms with van der Waals surface area (Å²) in [5.74, 6) is 0.0356. The van der Waals surface area contributed by atoms with E-state index in [1.54, 1.807) is 14.2 Å². The van der Waals surface area contributed by atoms with Gasteiger partial charge in [0.15, 0.2) is 5.75 Å². The standard InChI is InChI=1S/C12H19N3O3S/c1-17-7-3-5-15(6-4-7)12-9(18-2)8(13)10(19-12)11(14)16/h7H,3-6,13H2,1-2H3,(H2,14,16). The molecular formula is C12H19N3O3S. The summed E-state index contributed by atoms with van der Waals surface area (Å²) in [5, 5.41) is 0.878. The van der Waals surface area contributed by atoms with Crippen molar-refractivity contribution in [2.24, 2.45) is 5.73 Å². The summed E-state index contributed by atoms with van der Waals surface area (Å²) in [6.45, 7) is 1.71. The van der Waals surface area contributed by atoms with Gasteiger partial charge in [-0.05, 0) is 12.8 Å². The first-order chi connectivity index (χ1) is 9.08. The van der Waals surface area contributed by atoms with Crippen molar-refractivity contribution >= 4 is 27.9 Å². The van der Waals surface area contributed by atoms with Crippen LogP contribution in [0.25, 0.3) is 0 Å². The van der Waals surface area contributed by atoms with Crippen LogP contribution < -0.4 is 21.1 Å². The number of hydrogen-bond donors (Lipinski definition) is 2. The molecule has 0 saturated carbocycles. The minimum atomic E-state index is -0.515. The third-order valence-corrected chi connectivity index (χ3v) is 4.63. The Morgan fingerprint density at radius 1 is 1.37 bits per heavy atom. The van der Waals surface area contributed by atoms with Crippen molar-refractivity contribution in [3.63, 3.8) is 0 Å². The average molecular weight is 285 g/mol. The number of nitrogens with two attached hydrogens (primary N) is 2. The Kier molecular flexibility index (Phi) is 4.16. The predicted molar refractivity (Wildman–Crippen MR) is 76.0 cm³/mol. The van der Waals surface area contributed by atoms with E-state index in [0.717, 1.165) is 30.9 Å². The number of methoxy groups -OCH3 is 2. The highest BCUT2D eigenvalue weighted by Crippen LogP contribution is 2.45. The maximum absolute atomic E-state index is 11.3. The molecule has 0 aromatic carbocycles. The highest BCUT2D eigenvalue weighted by molar-refractivity contribution is 7.19. The second-order valence-electron chi connectivity index (χ2n) is 4.47. The molecule has 0 radical (unpaired) electrons. The van der Waals surface area contributed by atoms with Crippen molar-refractivity contribution < 1.29 is 14.3 Å². The van der Waals surface area contributed by atoms with Gasteiger partial charge in [0.05, 0.1) is 13.2 Å². The lowest BCUT2D eigenvalue weighted by Gasteiger charge is -2.32. The SMILES string of the molecule is COc1c(N2CCC(OC)CC2)sc(C(N)=O)c1N. The normalized spacial score (nSPS) is 16.6. The molecule has 6 nitrogen and oxygen atoms in total. The zero-order valence-electron chi connectivity index (χ0n) is 11.1. The fraction of sp³-hybridized carbons (Fsp3) is 0.583. The van der Waals surface area contributed by atoms with E-state index in [1.165, 1.54) is 11.3 Å². The van der Waals surface area contributed by atoms with E-state index in [0.29, 0.717) is 22.4 Å². The van der Waals surface area contributed by atoms with Crippen LogP contribution in [0.2, 0.25) is 0 Å². The van der Waals surface area contributed by atoms with Crippen LogP contribution in [-0.4, -0.2) is 39.3 Å². The smallest absolute Gasteiger partial charge is 0.261 e. The molecule has 2 rings (SSSR count). The number of amides is 1. The van der Waals surface area contributed by atoms with Gasteiger partial charge in [-0.25, -0.2) is 0 Å². The van der Waals surface area contributed by atoms with Crippen LogP contribution >= 0.6 is 11.3 Å². The van der Waals surface area contributed by atoms with Gasteiger partial charge in [-0.3, -0.25) is 4.79 Å². The number of piperidine rings is 1. The topological polar surface area (TPSA) is 90.8 Å². The lowest BCUT2D eigenvalue weighted by Crippen LogP contribution is -2.36. The van der Waals surface area contributed by atoms with Crippen LogP contribution in [0.5, 0.6) is 5.75 Å². The summed E-state index contributed by atoms with van der Waals surface area (Å²) in [6.07, 6.45) is 2.20. The molecule has 0 aliphatic carbocycles. The van der Waals surface area contributed by atoms with Crippen LogP contribution in [0.15, 0.2) is 0 Å². The third kappa shape index (κ3) is 2.62. The van der Waals surface area contributed by atoms with Gasteiger partial charge in [-0.2, -0.15) is 0 Å². The lowest BCUT2D eigenvalue weighted by atomic mass is 10.1. The van der Waals surface area contributed by atoms with E-state index in [4.69, 9.17) is 20.9 Å². The summed E-state index contributed by atoms with van der Waals surface area (Å²) in [6, 6.07) is 0. The van der Waals surface area contributed by atoms with Crippen molar-refractivity contribution in [3.8, 4) is 5.75 Å². The molecule has 0 spiro atoms. The Labute approximate surface area is 116 Å². The van der Waals surface area contributed by atoms with E-state index in [9.17, 15) is 4.79 Å². The predicted octanol–water partition coefficient (Wildman–Crippen LogP) is 1.05. The number of hydrogen-bond acceptors (Lipinski definition) is 6. The lowest BCUT2D eigenvalue weighted by molar-refractivity contribution is 0.0819. The van der Waals surface area contributed by atoms with Gasteiger partial charge in [0, 0.05) is 20.2 Å². The Morgan fingerprint density at radius 2 is 2.00 bits per heavy atom. The average Bonchev–Trinajstić information content (AvgIpc) is 2.76. The summed E-state index contributed by atoms with van der Waals surface area (Å²) >= 11 is 1.29. The van der Waals surface area contributed by atoms with E-state index < -0.39 is 5.91 Å². The van der Waals surface area contributed by atoms with Crippen LogP contribution in [0, 0.1) is 0 Å². The Hall–Kier alpha value is -1.47. The summed E-state index contributed by atoms with van der Waals surface area (Å²) in [7, 11) is 3.28. The molecule has 106 valence electrons. The Morgan fingerprint density at radius 3 is 2.47 bits per heavy atom. The van der Waals surface area contributed by atoms with Gasteiger partial charge < -0.3 is 25.8 Å². The van der Waals surface area contributed by atoms with E-state index in [-0.39, 0.29) is 0 Å². The maximum Gasteiger partial charge on any atom is 0.261 e. The second kappa shape index (κ2) is 5.66. The van der Waals surface area contributed by atoms with Gasteiger partial charge in [0.1, 0.15) is 15.6 Å². The first kappa shape index (κ1) is 14.0. The van der Waals surface area contributed by atoms with Crippen LogP contribution in [-0.2, 0) is 4.74 Å². The quantitative estimate of drug-likeness (QED) is 0.863. The minimum absolute atomic E-state index is 0.301. The zero-order valence-corrected chi connectivity index (χ0v) is 12.0. The molecule has 0 bridgehead atoms. The van der Waals surface area contributed by atoms with Gasteiger partial charge >= 0.3 is 0 Å². The highest BCUT2D eigenvalue weighted by atomic mass is 32.1. The number of anilines is 2. The third-order valence-electron chi connectivity index (χ3n) is 3.37. The van der Waals surface area contributed by atoms with Crippen molar-refractivity contribution in [2.45, 2.75) is 18.9 Å². The van der Waals surface area contributed by atoms with E-state index in [1.807, 2.05) is 0 Å². The number of nitrogens with zero attached hydrogens (tertiary/aromatic N) is 1. The molecule has 7 heteroatoms. The summed E-state index contributed by atoms with van der Waals surface area (Å²) < 4.78 is 10.7. The number of ether oxygens (including phenoxy) is 2. The zero-order chi connectivity index (χ0) is 14.0. The number of thiophene rings is 1. The van der Waals surface area contributed by atoms with Gasteiger partial charge in [-0.15, -0.1) is 11.3 Å². The number of nitrogen functional groups attached to an aromatic ring is 1. The summed E-state index contributed by atoms with van der Waals surface area (Å²) in [4.78, 5) is 13.9. The monoisotopic (exact) mass is 285 g/mol. The van der Waals surface area contributed by atoms with Crippen LogP contribution in [0.3, 0.4) is 0 Å². The van der Waals surface area contributed by atoms with Crippen molar-refractivity contribution in [1.82, 2.24) is 0 Å². The van der Waals surface area contributed by atoms with Gasteiger partial charge in [0.25, 0.3) is 5.91 Å². The van der Waals surface area contributed by atoms with Crippen molar-refractivity contribution in [1.29, 1.82) is 0 Å².